The molecule has 0 radical (unpaired) electrons. The topological polar surface area (TPSA) is 58.3 Å². The van der Waals surface area contributed by atoms with Crippen LogP contribution in [0.15, 0.2) is 59.2 Å². The summed E-state index contributed by atoms with van der Waals surface area (Å²) in [4.78, 5) is 4.52. The number of hydrogen-bond acceptors (Lipinski definition) is 4. The zero-order valence-corrected chi connectivity index (χ0v) is 13.1. The highest BCUT2D eigenvalue weighted by molar-refractivity contribution is 5.53. The summed E-state index contributed by atoms with van der Waals surface area (Å²) >= 11 is 0. The maximum atomic E-state index is 9.43. The Hall–Kier alpha value is -2.59. The van der Waals surface area contributed by atoms with Crippen LogP contribution in [0.2, 0.25) is 0 Å². The van der Waals surface area contributed by atoms with Crippen LogP contribution < -0.4 is 5.32 Å². The molecule has 3 aromatic rings. The van der Waals surface area contributed by atoms with Gasteiger partial charge in [0.15, 0.2) is 0 Å². The summed E-state index contributed by atoms with van der Waals surface area (Å²) in [6.45, 7) is 3.58. The third-order valence-electron chi connectivity index (χ3n) is 3.65. The molecule has 1 aromatic heterocycles. The number of phenolic OH excluding ortho intramolecular Hbond substituents is 1. The van der Waals surface area contributed by atoms with E-state index < -0.39 is 0 Å². The molecule has 1 heterocycles. The molecule has 0 saturated heterocycles. The first-order chi connectivity index (χ1) is 11.2. The Morgan fingerprint density at radius 1 is 1.13 bits per heavy atom. The van der Waals surface area contributed by atoms with E-state index in [1.165, 1.54) is 5.56 Å². The lowest BCUT2D eigenvalue weighted by atomic mass is 10.1. The van der Waals surface area contributed by atoms with E-state index in [4.69, 9.17) is 4.42 Å². The molecule has 4 heteroatoms. The number of phenols is 1. The highest BCUT2D eigenvalue weighted by atomic mass is 16.3. The Morgan fingerprint density at radius 3 is 2.74 bits per heavy atom. The van der Waals surface area contributed by atoms with Crippen LogP contribution in [0, 0.1) is 6.92 Å². The van der Waals surface area contributed by atoms with E-state index in [2.05, 4.69) is 29.4 Å². The van der Waals surface area contributed by atoms with Crippen molar-refractivity contribution in [3.8, 4) is 17.2 Å². The van der Waals surface area contributed by atoms with Crippen molar-refractivity contribution in [3.05, 3.63) is 71.6 Å². The first-order valence-corrected chi connectivity index (χ1v) is 7.71. The molecule has 2 aromatic carbocycles. The molecule has 23 heavy (non-hydrogen) atoms. The summed E-state index contributed by atoms with van der Waals surface area (Å²) < 4.78 is 5.55. The summed E-state index contributed by atoms with van der Waals surface area (Å²) in [5, 5.41) is 12.8. The number of benzene rings is 2. The smallest absolute Gasteiger partial charge is 0.226 e. The Morgan fingerprint density at radius 2 is 1.96 bits per heavy atom. The normalized spacial score (nSPS) is 10.8. The fraction of sp³-hybridized carbons (Fsp3) is 0.211. The molecule has 0 fully saturated rings. The fourth-order valence-corrected chi connectivity index (χ4v) is 2.37. The molecule has 0 unspecified atom stereocenters. The standard InChI is InChI=1S/C19H20N2O2/c1-14-5-7-16(8-6-14)19-21-17(13-23-19)9-10-20-12-15-3-2-4-18(22)11-15/h2-8,11,13,20,22H,9-10,12H2,1H3. The van der Waals surface area contributed by atoms with Crippen molar-refractivity contribution < 1.29 is 9.52 Å². The monoisotopic (exact) mass is 308 g/mol. The molecule has 0 aliphatic rings. The zero-order chi connectivity index (χ0) is 16.1. The minimum Gasteiger partial charge on any atom is -0.508 e. The van der Waals surface area contributed by atoms with Gasteiger partial charge in [0.2, 0.25) is 5.89 Å². The number of nitrogens with zero attached hydrogens (tertiary/aromatic N) is 1. The fourth-order valence-electron chi connectivity index (χ4n) is 2.37. The molecule has 0 amide bonds. The molecule has 4 nitrogen and oxygen atoms in total. The van der Waals surface area contributed by atoms with Crippen molar-refractivity contribution in [1.82, 2.24) is 10.3 Å². The summed E-state index contributed by atoms with van der Waals surface area (Å²) in [5.41, 5.74) is 4.21. The maximum absolute atomic E-state index is 9.43. The van der Waals surface area contributed by atoms with Gasteiger partial charge in [0.25, 0.3) is 0 Å². The minimum atomic E-state index is 0.295. The molecular formula is C19H20N2O2. The molecule has 0 spiro atoms. The number of hydrogen-bond donors (Lipinski definition) is 2. The van der Waals surface area contributed by atoms with Crippen molar-refractivity contribution in [1.29, 1.82) is 0 Å². The Kier molecular flexibility index (Phi) is 4.74. The van der Waals surface area contributed by atoms with E-state index in [1.807, 2.05) is 24.3 Å². The quantitative estimate of drug-likeness (QED) is 0.682. The van der Waals surface area contributed by atoms with Crippen molar-refractivity contribution in [2.45, 2.75) is 19.9 Å². The van der Waals surface area contributed by atoms with Crippen molar-refractivity contribution >= 4 is 0 Å². The van der Waals surface area contributed by atoms with Gasteiger partial charge in [0, 0.05) is 25.1 Å². The second kappa shape index (κ2) is 7.11. The lowest BCUT2D eigenvalue weighted by Crippen LogP contribution is -2.16. The summed E-state index contributed by atoms with van der Waals surface area (Å²) in [7, 11) is 0. The van der Waals surface area contributed by atoms with E-state index in [9.17, 15) is 5.11 Å². The average Bonchev–Trinajstić information content (AvgIpc) is 3.01. The maximum Gasteiger partial charge on any atom is 0.226 e. The average molecular weight is 308 g/mol. The first-order valence-electron chi connectivity index (χ1n) is 7.71. The lowest BCUT2D eigenvalue weighted by Gasteiger charge is -2.04. The third kappa shape index (κ3) is 4.20. The van der Waals surface area contributed by atoms with Crippen LogP contribution in [0.3, 0.4) is 0 Å². The SMILES string of the molecule is Cc1ccc(-c2nc(CCNCc3cccc(O)c3)co2)cc1. The highest BCUT2D eigenvalue weighted by Crippen LogP contribution is 2.19. The van der Waals surface area contributed by atoms with E-state index in [0.717, 1.165) is 36.3 Å². The van der Waals surface area contributed by atoms with Crippen molar-refractivity contribution in [2.75, 3.05) is 6.54 Å². The van der Waals surface area contributed by atoms with Crippen LogP contribution in [0.1, 0.15) is 16.8 Å². The van der Waals surface area contributed by atoms with Gasteiger partial charge in [-0.1, -0.05) is 29.8 Å². The molecule has 0 atom stereocenters. The van der Waals surface area contributed by atoms with Crippen LogP contribution in [0.5, 0.6) is 5.75 Å². The minimum absolute atomic E-state index is 0.295. The molecule has 0 saturated carbocycles. The zero-order valence-electron chi connectivity index (χ0n) is 13.1. The van der Waals surface area contributed by atoms with Gasteiger partial charge >= 0.3 is 0 Å². The predicted octanol–water partition coefficient (Wildman–Crippen LogP) is 3.69. The summed E-state index contributed by atoms with van der Waals surface area (Å²) in [5.74, 6) is 0.955. The van der Waals surface area contributed by atoms with E-state index in [0.29, 0.717) is 11.6 Å². The first kappa shape index (κ1) is 15.3. The van der Waals surface area contributed by atoms with E-state index >= 15 is 0 Å². The summed E-state index contributed by atoms with van der Waals surface area (Å²) in [6.07, 6.45) is 2.51. The largest absolute Gasteiger partial charge is 0.508 e. The molecule has 118 valence electrons. The number of nitrogens with one attached hydrogen (secondary N) is 1. The van der Waals surface area contributed by atoms with Gasteiger partial charge in [-0.2, -0.15) is 0 Å². The molecule has 3 rings (SSSR count). The Labute approximate surface area is 135 Å². The molecule has 0 bridgehead atoms. The molecule has 0 aliphatic carbocycles. The van der Waals surface area contributed by atoms with Crippen LogP contribution in [-0.4, -0.2) is 16.6 Å². The molecule has 0 aliphatic heterocycles. The lowest BCUT2D eigenvalue weighted by molar-refractivity contribution is 0.474. The number of rotatable bonds is 6. The van der Waals surface area contributed by atoms with E-state index in [-0.39, 0.29) is 0 Å². The van der Waals surface area contributed by atoms with Gasteiger partial charge in [-0.25, -0.2) is 4.98 Å². The van der Waals surface area contributed by atoms with Crippen molar-refractivity contribution in [2.24, 2.45) is 0 Å². The van der Waals surface area contributed by atoms with Crippen molar-refractivity contribution in [3.63, 3.8) is 0 Å². The highest BCUT2D eigenvalue weighted by Gasteiger charge is 2.06. The van der Waals surface area contributed by atoms with Crippen LogP contribution >= 0.6 is 0 Å². The number of aromatic nitrogens is 1. The van der Waals surface area contributed by atoms with Gasteiger partial charge < -0.3 is 14.8 Å². The van der Waals surface area contributed by atoms with Gasteiger partial charge in [0.1, 0.15) is 12.0 Å². The number of oxazole rings is 1. The van der Waals surface area contributed by atoms with Crippen LogP contribution in [-0.2, 0) is 13.0 Å². The van der Waals surface area contributed by atoms with Gasteiger partial charge in [0.05, 0.1) is 5.69 Å². The second-order valence-corrected chi connectivity index (χ2v) is 5.61. The Bertz CT molecular complexity index is 763. The molecular weight excluding hydrogens is 288 g/mol. The van der Waals surface area contributed by atoms with Gasteiger partial charge in [-0.15, -0.1) is 0 Å². The third-order valence-corrected chi connectivity index (χ3v) is 3.65. The summed E-state index contributed by atoms with van der Waals surface area (Å²) in [6, 6.07) is 15.4. The van der Waals surface area contributed by atoms with Crippen LogP contribution in [0.25, 0.3) is 11.5 Å². The van der Waals surface area contributed by atoms with Crippen LogP contribution in [0.4, 0.5) is 0 Å². The second-order valence-electron chi connectivity index (χ2n) is 5.61. The number of aryl methyl sites for hydroxylation is 1. The Balaban J connectivity index is 1.50. The van der Waals surface area contributed by atoms with Gasteiger partial charge in [-0.05, 0) is 36.8 Å². The number of aromatic hydroxyl groups is 1. The van der Waals surface area contributed by atoms with E-state index in [1.54, 1.807) is 18.4 Å². The predicted molar refractivity (Wildman–Crippen MR) is 90.2 cm³/mol. The molecule has 2 N–H and O–H groups in total. The van der Waals surface area contributed by atoms with Gasteiger partial charge in [-0.3, -0.25) is 0 Å².